The van der Waals surface area contributed by atoms with E-state index in [2.05, 4.69) is 12.2 Å². The van der Waals surface area contributed by atoms with Crippen LogP contribution in [0, 0.1) is 5.92 Å². The lowest BCUT2D eigenvalue weighted by Crippen LogP contribution is -2.51. The van der Waals surface area contributed by atoms with Crippen molar-refractivity contribution in [1.29, 1.82) is 0 Å². The molecule has 1 aliphatic rings. The van der Waals surface area contributed by atoms with Crippen LogP contribution in [0.15, 0.2) is 16.5 Å². The van der Waals surface area contributed by atoms with Gasteiger partial charge in [0.15, 0.2) is 5.22 Å². The maximum atomic E-state index is 12.3. The van der Waals surface area contributed by atoms with Crippen molar-refractivity contribution in [3.05, 3.63) is 23.1 Å². The van der Waals surface area contributed by atoms with E-state index < -0.39 is 10.0 Å². The Morgan fingerprint density at radius 3 is 2.73 bits per heavy atom. The largest absolute Gasteiger partial charge is 0.448 e. The minimum absolute atomic E-state index is 0.299. The van der Waals surface area contributed by atoms with E-state index in [1.807, 2.05) is 6.07 Å². The Balaban J connectivity index is 1.95. The lowest BCUT2D eigenvalue weighted by molar-refractivity contribution is 0.197. The molecule has 0 radical (unpaired) electrons. The van der Waals surface area contributed by atoms with Crippen LogP contribution in [0.25, 0.3) is 0 Å². The summed E-state index contributed by atoms with van der Waals surface area (Å²) in [5, 5.41) is 3.51. The van der Waals surface area contributed by atoms with Crippen LogP contribution in [0.4, 0.5) is 0 Å². The molecule has 0 saturated carbocycles. The van der Waals surface area contributed by atoms with Gasteiger partial charge in [0, 0.05) is 19.1 Å². The van der Waals surface area contributed by atoms with Crippen molar-refractivity contribution in [2.75, 3.05) is 13.1 Å². The molecule has 1 fully saturated rings. The molecule has 0 bridgehead atoms. The molecule has 0 aliphatic carbocycles. The maximum Gasteiger partial charge on any atom is 0.216 e. The fourth-order valence-corrected chi connectivity index (χ4v) is 4.41. The number of halogens is 1. The van der Waals surface area contributed by atoms with E-state index >= 15 is 0 Å². The first kappa shape index (κ1) is 17.8. The third kappa shape index (κ3) is 4.04. The summed E-state index contributed by atoms with van der Waals surface area (Å²) in [6, 6.07) is 3.88. The number of hydrogen-bond acceptors (Lipinski definition) is 4. The van der Waals surface area contributed by atoms with Crippen molar-refractivity contribution in [2.45, 2.75) is 51.4 Å². The monoisotopic (exact) mass is 348 g/mol. The summed E-state index contributed by atoms with van der Waals surface area (Å²) >= 11 is 5.77. The summed E-state index contributed by atoms with van der Waals surface area (Å²) in [5.41, 5.74) is 0. The minimum atomic E-state index is -3.16. The predicted octanol–water partition coefficient (Wildman–Crippen LogP) is 2.86. The second-order valence-electron chi connectivity index (χ2n) is 6.10. The number of sulfonamides is 1. The Morgan fingerprint density at radius 2 is 2.18 bits per heavy atom. The molecular formula is C15H25ClN2O3S. The number of furan rings is 1. The summed E-state index contributed by atoms with van der Waals surface area (Å²) in [4.78, 5) is 0. The standard InChI is InChI=1S/C15H25ClN2O3S/c1-4-12-10-18(22(19,20)11(2)3)8-7-14(12)17-9-13-5-6-15(16)21-13/h5-6,11-12,14,17H,4,7-10H2,1-3H3/t12-,14+/m0/s1. The average Bonchev–Trinajstić information content (AvgIpc) is 2.90. The average molecular weight is 349 g/mol. The molecule has 22 heavy (non-hydrogen) atoms. The molecule has 2 rings (SSSR count). The molecule has 0 spiro atoms. The molecule has 1 aromatic rings. The molecule has 0 amide bonds. The van der Waals surface area contributed by atoms with E-state index in [0.717, 1.165) is 18.6 Å². The van der Waals surface area contributed by atoms with Gasteiger partial charge in [-0.2, -0.15) is 0 Å². The number of piperidine rings is 1. The summed E-state index contributed by atoms with van der Waals surface area (Å²) < 4.78 is 31.6. The summed E-state index contributed by atoms with van der Waals surface area (Å²) in [6.45, 7) is 7.36. The molecule has 7 heteroatoms. The number of nitrogens with one attached hydrogen (secondary N) is 1. The lowest BCUT2D eigenvalue weighted by atomic mass is 9.91. The molecular weight excluding hydrogens is 324 g/mol. The van der Waals surface area contributed by atoms with Crippen molar-refractivity contribution in [2.24, 2.45) is 5.92 Å². The van der Waals surface area contributed by atoms with Gasteiger partial charge in [0.2, 0.25) is 10.0 Å². The van der Waals surface area contributed by atoms with E-state index in [1.54, 1.807) is 24.2 Å². The van der Waals surface area contributed by atoms with Gasteiger partial charge in [-0.3, -0.25) is 0 Å². The molecule has 5 nitrogen and oxygen atoms in total. The highest BCUT2D eigenvalue weighted by Gasteiger charge is 2.35. The number of hydrogen-bond donors (Lipinski definition) is 1. The normalized spacial score (nSPS) is 24.0. The molecule has 2 heterocycles. The smallest absolute Gasteiger partial charge is 0.216 e. The van der Waals surface area contributed by atoms with Crippen molar-refractivity contribution in [1.82, 2.24) is 9.62 Å². The van der Waals surface area contributed by atoms with Gasteiger partial charge in [0.25, 0.3) is 0 Å². The number of rotatable bonds is 6. The van der Waals surface area contributed by atoms with Gasteiger partial charge in [0.1, 0.15) is 5.76 Å². The van der Waals surface area contributed by atoms with E-state index in [1.165, 1.54) is 0 Å². The van der Waals surface area contributed by atoms with Gasteiger partial charge in [-0.1, -0.05) is 13.3 Å². The fraction of sp³-hybridized carbons (Fsp3) is 0.733. The Kier molecular flexibility index (Phi) is 5.94. The van der Waals surface area contributed by atoms with Crippen LogP contribution < -0.4 is 5.32 Å². The predicted molar refractivity (Wildman–Crippen MR) is 88.4 cm³/mol. The fourth-order valence-electron chi connectivity index (χ4n) is 2.89. The van der Waals surface area contributed by atoms with Crippen LogP contribution in [0.5, 0.6) is 0 Å². The van der Waals surface area contributed by atoms with Gasteiger partial charge < -0.3 is 9.73 Å². The Bertz CT molecular complexity index is 585. The van der Waals surface area contributed by atoms with Gasteiger partial charge in [-0.15, -0.1) is 0 Å². The lowest BCUT2D eigenvalue weighted by Gasteiger charge is -2.38. The molecule has 0 unspecified atom stereocenters. The molecule has 1 aliphatic heterocycles. The molecule has 1 N–H and O–H groups in total. The first-order valence-electron chi connectivity index (χ1n) is 7.81. The van der Waals surface area contributed by atoms with E-state index in [9.17, 15) is 8.42 Å². The Hall–Kier alpha value is -0.560. The third-order valence-electron chi connectivity index (χ3n) is 4.34. The highest BCUT2D eigenvalue weighted by molar-refractivity contribution is 7.89. The van der Waals surface area contributed by atoms with Crippen molar-refractivity contribution < 1.29 is 12.8 Å². The van der Waals surface area contributed by atoms with Crippen LogP contribution in [0.3, 0.4) is 0 Å². The van der Waals surface area contributed by atoms with Crippen LogP contribution >= 0.6 is 11.6 Å². The summed E-state index contributed by atoms with van der Waals surface area (Å²) in [7, 11) is -3.16. The van der Waals surface area contributed by atoms with Crippen LogP contribution in [-0.2, 0) is 16.6 Å². The van der Waals surface area contributed by atoms with E-state index in [4.69, 9.17) is 16.0 Å². The second-order valence-corrected chi connectivity index (χ2v) is 8.96. The van der Waals surface area contributed by atoms with Crippen molar-refractivity contribution in [3.8, 4) is 0 Å². The SMILES string of the molecule is CC[C@H]1CN(S(=O)(=O)C(C)C)CC[C@H]1NCc1ccc(Cl)o1. The Labute approximate surface area is 138 Å². The summed E-state index contributed by atoms with van der Waals surface area (Å²) in [6.07, 6.45) is 1.76. The molecule has 0 aromatic carbocycles. The van der Waals surface area contributed by atoms with Crippen molar-refractivity contribution >= 4 is 21.6 Å². The maximum absolute atomic E-state index is 12.3. The molecule has 2 atom stereocenters. The zero-order valence-electron chi connectivity index (χ0n) is 13.4. The zero-order valence-corrected chi connectivity index (χ0v) is 15.0. The van der Waals surface area contributed by atoms with Gasteiger partial charge >= 0.3 is 0 Å². The molecule has 1 aromatic heterocycles. The van der Waals surface area contributed by atoms with Gasteiger partial charge in [0.05, 0.1) is 11.8 Å². The first-order valence-corrected chi connectivity index (χ1v) is 9.69. The Morgan fingerprint density at radius 1 is 1.45 bits per heavy atom. The van der Waals surface area contributed by atoms with Crippen LogP contribution in [-0.4, -0.2) is 37.1 Å². The third-order valence-corrected chi connectivity index (χ3v) is 6.79. The quantitative estimate of drug-likeness (QED) is 0.858. The number of nitrogens with zero attached hydrogens (tertiary/aromatic N) is 1. The van der Waals surface area contributed by atoms with Crippen LogP contribution in [0.1, 0.15) is 39.4 Å². The van der Waals surface area contributed by atoms with E-state index in [0.29, 0.717) is 36.8 Å². The van der Waals surface area contributed by atoms with Gasteiger partial charge in [-0.25, -0.2) is 12.7 Å². The first-order chi connectivity index (χ1) is 10.3. The molecule has 126 valence electrons. The van der Waals surface area contributed by atoms with Gasteiger partial charge in [-0.05, 0) is 49.9 Å². The van der Waals surface area contributed by atoms with E-state index in [-0.39, 0.29) is 5.25 Å². The highest BCUT2D eigenvalue weighted by Crippen LogP contribution is 2.24. The molecule has 1 saturated heterocycles. The minimum Gasteiger partial charge on any atom is -0.448 e. The topological polar surface area (TPSA) is 62.6 Å². The zero-order chi connectivity index (χ0) is 16.3. The summed E-state index contributed by atoms with van der Waals surface area (Å²) in [5.74, 6) is 1.12. The highest BCUT2D eigenvalue weighted by atomic mass is 35.5. The second kappa shape index (κ2) is 7.34. The van der Waals surface area contributed by atoms with Crippen molar-refractivity contribution in [3.63, 3.8) is 0 Å². The van der Waals surface area contributed by atoms with Crippen LogP contribution in [0.2, 0.25) is 5.22 Å².